The van der Waals surface area contributed by atoms with Gasteiger partial charge in [0, 0.05) is 50.2 Å². The molecule has 2 aliphatic rings. The minimum atomic E-state index is -0.0734. The van der Waals surface area contributed by atoms with Crippen LogP contribution in [0.3, 0.4) is 0 Å². The maximum absolute atomic E-state index is 13.1. The van der Waals surface area contributed by atoms with Crippen molar-refractivity contribution in [1.29, 1.82) is 0 Å². The summed E-state index contributed by atoms with van der Waals surface area (Å²) in [5.41, 5.74) is 1.65. The molecule has 3 aromatic heterocycles. The van der Waals surface area contributed by atoms with Gasteiger partial charge in [-0.1, -0.05) is 43.3 Å². The fourth-order valence-corrected chi connectivity index (χ4v) is 5.06. The van der Waals surface area contributed by atoms with E-state index in [2.05, 4.69) is 31.2 Å². The van der Waals surface area contributed by atoms with Crippen molar-refractivity contribution >= 4 is 5.91 Å². The molecular formula is C24H28N6O2. The van der Waals surface area contributed by atoms with E-state index >= 15 is 0 Å². The molecule has 0 radical (unpaired) electrons. The molecule has 3 aromatic rings. The van der Waals surface area contributed by atoms with Gasteiger partial charge in [0.2, 0.25) is 17.6 Å². The second-order valence-electron chi connectivity index (χ2n) is 8.89. The summed E-state index contributed by atoms with van der Waals surface area (Å²) in [7, 11) is 0. The van der Waals surface area contributed by atoms with Crippen molar-refractivity contribution in [2.45, 2.75) is 56.8 Å². The molecule has 4 heterocycles. The van der Waals surface area contributed by atoms with Gasteiger partial charge in [0.25, 0.3) is 0 Å². The lowest BCUT2D eigenvalue weighted by molar-refractivity contribution is -0.130. The van der Waals surface area contributed by atoms with Crippen molar-refractivity contribution in [3.8, 4) is 11.5 Å². The first-order valence-corrected chi connectivity index (χ1v) is 11.6. The molecular weight excluding hydrogens is 404 g/mol. The van der Waals surface area contributed by atoms with Crippen molar-refractivity contribution in [2.75, 3.05) is 13.1 Å². The first kappa shape index (κ1) is 20.7. The summed E-state index contributed by atoms with van der Waals surface area (Å²) in [4.78, 5) is 32.3. The Labute approximate surface area is 187 Å². The van der Waals surface area contributed by atoms with Crippen molar-refractivity contribution in [3.05, 3.63) is 54.6 Å². The van der Waals surface area contributed by atoms with E-state index < -0.39 is 0 Å². The molecule has 8 nitrogen and oxygen atoms in total. The summed E-state index contributed by atoms with van der Waals surface area (Å²) in [5, 5.41) is 4.12. The van der Waals surface area contributed by atoms with E-state index in [9.17, 15) is 4.79 Å². The van der Waals surface area contributed by atoms with Gasteiger partial charge in [-0.15, -0.1) is 0 Å². The summed E-state index contributed by atoms with van der Waals surface area (Å²) in [5.74, 6) is 1.86. The van der Waals surface area contributed by atoms with E-state index in [0.717, 1.165) is 12.0 Å². The fraction of sp³-hybridized carbons (Fsp3) is 0.500. The third-order valence-corrected chi connectivity index (χ3v) is 6.83. The third kappa shape index (κ3) is 4.54. The minimum Gasteiger partial charge on any atom is -0.341 e. The van der Waals surface area contributed by atoms with Crippen LogP contribution in [0.25, 0.3) is 11.5 Å². The SMILES string of the molecule is O=C(CCC1CCCCC1)N1C[C@@H](c2cccnc2)[C@H](c2nc(-c3cnccn3)no2)C1. The zero-order valence-corrected chi connectivity index (χ0v) is 18.1. The molecule has 166 valence electrons. The maximum atomic E-state index is 13.1. The largest absolute Gasteiger partial charge is 0.341 e. The zero-order chi connectivity index (χ0) is 21.8. The van der Waals surface area contributed by atoms with Crippen molar-refractivity contribution in [1.82, 2.24) is 30.0 Å². The van der Waals surface area contributed by atoms with Crippen LogP contribution >= 0.6 is 0 Å². The van der Waals surface area contributed by atoms with Gasteiger partial charge in [-0.3, -0.25) is 14.8 Å². The lowest BCUT2D eigenvalue weighted by atomic mass is 9.86. The molecule has 2 atom stereocenters. The van der Waals surface area contributed by atoms with Gasteiger partial charge in [-0.05, 0) is 24.0 Å². The van der Waals surface area contributed by atoms with Crippen LogP contribution in [-0.4, -0.2) is 49.0 Å². The number of hydrogen-bond donors (Lipinski definition) is 0. The van der Waals surface area contributed by atoms with Crippen molar-refractivity contribution in [2.24, 2.45) is 5.92 Å². The van der Waals surface area contributed by atoms with E-state index in [1.165, 1.54) is 32.1 Å². The van der Waals surface area contributed by atoms with Gasteiger partial charge in [0.05, 0.1) is 12.1 Å². The van der Waals surface area contributed by atoms with Gasteiger partial charge >= 0.3 is 0 Å². The number of carbonyl (C=O) groups is 1. The number of nitrogens with zero attached hydrogens (tertiary/aromatic N) is 6. The molecule has 1 amide bonds. The highest BCUT2D eigenvalue weighted by atomic mass is 16.5. The highest BCUT2D eigenvalue weighted by molar-refractivity contribution is 5.76. The monoisotopic (exact) mass is 432 g/mol. The lowest BCUT2D eigenvalue weighted by Gasteiger charge is -2.22. The fourth-order valence-electron chi connectivity index (χ4n) is 5.06. The second kappa shape index (κ2) is 9.54. The Morgan fingerprint density at radius 1 is 1.03 bits per heavy atom. The molecule has 2 fully saturated rings. The summed E-state index contributed by atoms with van der Waals surface area (Å²) < 4.78 is 5.65. The summed E-state index contributed by atoms with van der Waals surface area (Å²) >= 11 is 0. The smallest absolute Gasteiger partial charge is 0.232 e. The van der Waals surface area contributed by atoms with Crippen molar-refractivity contribution in [3.63, 3.8) is 0 Å². The van der Waals surface area contributed by atoms with Crippen LogP contribution in [-0.2, 0) is 4.79 Å². The molecule has 1 saturated heterocycles. The molecule has 32 heavy (non-hydrogen) atoms. The Bertz CT molecular complexity index is 1020. The number of hydrogen-bond acceptors (Lipinski definition) is 7. The van der Waals surface area contributed by atoms with Gasteiger partial charge in [-0.25, -0.2) is 4.98 Å². The summed E-state index contributed by atoms with van der Waals surface area (Å²) in [6.45, 7) is 1.22. The summed E-state index contributed by atoms with van der Waals surface area (Å²) in [6, 6.07) is 3.99. The van der Waals surface area contributed by atoms with Gasteiger partial charge in [-0.2, -0.15) is 4.98 Å². The minimum absolute atomic E-state index is 0.0671. The topological polar surface area (TPSA) is 97.9 Å². The number of rotatable bonds is 6. The number of likely N-dealkylation sites (tertiary alicyclic amines) is 1. The average molecular weight is 433 g/mol. The molecule has 5 rings (SSSR count). The van der Waals surface area contributed by atoms with Crippen LogP contribution in [0.2, 0.25) is 0 Å². The first-order chi connectivity index (χ1) is 15.8. The van der Waals surface area contributed by atoms with Gasteiger partial charge in [0.15, 0.2) is 0 Å². The van der Waals surface area contributed by atoms with E-state index in [-0.39, 0.29) is 17.7 Å². The van der Waals surface area contributed by atoms with Crippen molar-refractivity contribution < 1.29 is 9.32 Å². The number of aromatic nitrogens is 5. The Morgan fingerprint density at radius 3 is 2.66 bits per heavy atom. The summed E-state index contributed by atoms with van der Waals surface area (Å²) in [6.07, 6.45) is 16.5. The predicted octanol–water partition coefficient (Wildman–Crippen LogP) is 3.99. The molecule has 1 saturated carbocycles. The number of amides is 1. The third-order valence-electron chi connectivity index (χ3n) is 6.83. The number of pyridine rings is 1. The first-order valence-electron chi connectivity index (χ1n) is 11.6. The number of carbonyl (C=O) groups excluding carboxylic acids is 1. The Balaban J connectivity index is 1.33. The lowest BCUT2D eigenvalue weighted by Crippen LogP contribution is -2.29. The van der Waals surface area contributed by atoms with Crippen LogP contribution in [0.5, 0.6) is 0 Å². The van der Waals surface area contributed by atoms with Crippen LogP contribution in [0.1, 0.15) is 68.2 Å². The predicted molar refractivity (Wildman–Crippen MR) is 117 cm³/mol. The van der Waals surface area contributed by atoms with Crippen LogP contribution in [0.4, 0.5) is 0 Å². The van der Waals surface area contributed by atoms with E-state index in [1.807, 2.05) is 17.2 Å². The molecule has 0 spiro atoms. The molecule has 0 aromatic carbocycles. The maximum Gasteiger partial charge on any atom is 0.232 e. The van der Waals surface area contributed by atoms with Gasteiger partial charge in [0.1, 0.15) is 5.69 Å². The molecule has 1 aliphatic heterocycles. The Morgan fingerprint density at radius 2 is 1.88 bits per heavy atom. The molecule has 0 bridgehead atoms. The highest BCUT2D eigenvalue weighted by Crippen LogP contribution is 2.39. The van der Waals surface area contributed by atoms with Gasteiger partial charge < -0.3 is 9.42 Å². The van der Waals surface area contributed by atoms with E-state index in [1.54, 1.807) is 24.8 Å². The molecule has 8 heteroatoms. The normalized spacial score (nSPS) is 21.7. The zero-order valence-electron chi connectivity index (χ0n) is 18.1. The molecule has 0 N–H and O–H groups in total. The van der Waals surface area contributed by atoms with Crippen LogP contribution < -0.4 is 0 Å². The Kier molecular flexibility index (Phi) is 6.18. The Hall–Kier alpha value is -3.16. The van der Waals surface area contributed by atoms with E-state index in [0.29, 0.717) is 42.8 Å². The standard InChI is InChI=1S/C24H28N6O2/c31-22(9-8-17-5-2-1-3-6-17)30-15-19(18-7-4-10-25-13-18)20(16-30)24-28-23(29-32-24)21-14-26-11-12-27-21/h4,7,10-14,17,19-20H,1-3,5-6,8-9,15-16H2/t19-,20+/m0/s1. The average Bonchev–Trinajstić information content (AvgIpc) is 3.52. The molecule has 1 aliphatic carbocycles. The molecule has 0 unspecified atom stereocenters. The van der Waals surface area contributed by atoms with E-state index in [4.69, 9.17) is 4.52 Å². The quantitative estimate of drug-likeness (QED) is 0.581. The highest BCUT2D eigenvalue weighted by Gasteiger charge is 2.40. The second-order valence-corrected chi connectivity index (χ2v) is 8.89. The van der Waals surface area contributed by atoms with Crippen LogP contribution in [0.15, 0.2) is 47.6 Å². The van der Waals surface area contributed by atoms with Crippen LogP contribution in [0, 0.1) is 5.92 Å².